The number of nitrogens with zero attached hydrogens (tertiary/aromatic N) is 3. The highest BCUT2D eigenvalue weighted by atomic mass is 16.4. The average molecular weight is 335 g/mol. The molecule has 4 nitrogen and oxygen atoms in total. The fraction of sp³-hybridized carbons (Fsp3) is 0.381. The zero-order valence-corrected chi connectivity index (χ0v) is 15.2. The van der Waals surface area contributed by atoms with Crippen LogP contribution < -0.4 is 0 Å². The Hall–Kier alpha value is -2.33. The topological polar surface area (TPSA) is 34.2 Å². The Kier molecular flexibility index (Phi) is 4.22. The molecule has 0 saturated carbocycles. The van der Waals surface area contributed by atoms with Crippen molar-refractivity contribution >= 4 is 0 Å². The first kappa shape index (κ1) is 16.2. The Labute approximate surface area is 149 Å². The minimum atomic E-state index is 0.447. The van der Waals surface area contributed by atoms with Crippen LogP contribution in [0.2, 0.25) is 0 Å². The minimum absolute atomic E-state index is 0.447. The molecule has 25 heavy (non-hydrogen) atoms. The summed E-state index contributed by atoms with van der Waals surface area (Å²) in [6.45, 7) is 9.30. The molecular weight excluding hydrogens is 310 g/mol. The molecule has 4 rings (SSSR count). The van der Waals surface area contributed by atoms with Crippen molar-refractivity contribution in [2.75, 3.05) is 6.54 Å². The van der Waals surface area contributed by atoms with Crippen LogP contribution in [0, 0.1) is 13.8 Å². The van der Waals surface area contributed by atoms with Crippen molar-refractivity contribution in [3.63, 3.8) is 0 Å². The van der Waals surface area contributed by atoms with E-state index in [9.17, 15) is 0 Å². The molecule has 0 amide bonds. The fourth-order valence-electron chi connectivity index (χ4n) is 3.84. The molecule has 0 aliphatic carbocycles. The van der Waals surface area contributed by atoms with Crippen molar-refractivity contribution in [1.29, 1.82) is 0 Å². The van der Waals surface area contributed by atoms with E-state index < -0.39 is 0 Å². The molecule has 0 radical (unpaired) electrons. The zero-order chi connectivity index (χ0) is 17.4. The predicted octanol–water partition coefficient (Wildman–Crippen LogP) is 4.73. The van der Waals surface area contributed by atoms with Gasteiger partial charge in [0, 0.05) is 37.1 Å². The van der Waals surface area contributed by atoms with Crippen LogP contribution in [0.15, 0.2) is 47.0 Å². The SMILES string of the molecule is CCC1c2cccn2CCN1Cc1nc(-c2cccc(C)c2)oc1C. The maximum atomic E-state index is 5.98. The highest BCUT2D eigenvalue weighted by molar-refractivity contribution is 5.54. The lowest BCUT2D eigenvalue weighted by Gasteiger charge is -2.36. The van der Waals surface area contributed by atoms with E-state index in [1.54, 1.807) is 0 Å². The first-order valence-electron chi connectivity index (χ1n) is 9.08. The van der Waals surface area contributed by atoms with Crippen molar-refractivity contribution in [2.24, 2.45) is 0 Å². The van der Waals surface area contributed by atoms with Crippen molar-refractivity contribution in [2.45, 2.75) is 46.3 Å². The van der Waals surface area contributed by atoms with Crippen LogP contribution in [0.4, 0.5) is 0 Å². The minimum Gasteiger partial charge on any atom is -0.441 e. The molecule has 1 aliphatic rings. The quantitative estimate of drug-likeness (QED) is 0.691. The van der Waals surface area contributed by atoms with Gasteiger partial charge in [-0.25, -0.2) is 4.98 Å². The van der Waals surface area contributed by atoms with Crippen LogP contribution >= 0.6 is 0 Å². The van der Waals surface area contributed by atoms with E-state index in [2.05, 4.69) is 65.9 Å². The van der Waals surface area contributed by atoms with Crippen LogP contribution in [0.1, 0.15) is 42.1 Å². The van der Waals surface area contributed by atoms with E-state index in [0.29, 0.717) is 6.04 Å². The summed E-state index contributed by atoms with van der Waals surface area (Å²) in [5.74, 6) is 1.65. The molecule has 4 heteroatoms. The molecule has 1 aromatic carbocycles. The van der Waals surface area contributed by atoms with Crippen LogP contribution in [0.25, 0.3) is 11.5 Å². The van der Waals surface area contributed by atoms with Gasteiger partial charge in [-0.1, -0.05) is 24.6 Å². The van der Waals surface area contributed by atoms with Crippen molar-refractivity contribution in [1.82, 2.24) is 14.5 Å². The Morgan fingerprint density at radius 3 is 2.84 bits per heavy atom. The zero-order valence-electron chi connectivity index (χ0n) is 15.2. The van der Waals surface area contributed by atoms with Crippen molar-refractivity contribution < 1.29 is 4.42 Å². The highest BCUT2D eigenvalue weighted by Gasteiger charge is 2.27. The van der Waals surface area contributed by atoms with Crippen LogP contribution in [0.5, 0.6) is 0 Å². The summed E-state index contributed by atoms with van der Waals surface area (Å²) in [4.78, 5) is 7.34. The number of aromatic nitrogens is 2. The van der Waals surface area contributed by atoms with E-state index in [1.807, 2.05) is 6.92 Å². The molecule has 2 aromatic heterocycles. The molecule has 0 bridgehead atoms. The molecule has 0 fully saturated rings. The Balaban J connectivity index is 1.59. The van der Waals surface area contributed by atoms with Gasteiger partial charge in [0.2, 0.25) is 5.89 Å². The lowest BCUT2D eigenvalue weighted by Crippen LogP contribution is -2.37. The van der Waals surface area contributed by atoms with Crippen molar-refractivity contribution in [3.8, 4) is 11.5 Å². The molecular formula is C21H25N3O. The molecule has 1 unspecified atom stereocenters. The van der Waals surface area contributed by atoms with Gasteiger partial charge in [-0.05, 0) is 44.5 Å². The normalized spacial score (nSPS) is 17.6. The Morgan fingerprint density at radius 2 is 2.04 bits per heavy atom. The van der Waals surface area contributed by atoms with Gasteiger partial charge in [0.25, 0.3) is 0 Å². The average Bonchev–Trinajstić information content (AvgIpc) is 3.22. The second-order valence-corrected chi connectivity index (χ2v) is 6.91. The lowest BCUT2D eigenvalue weighted by atomic mass is 10.1. The summed E-state index contributed by atoms with van der Waals surface area (Å²) in [7, 11) is 0. The second kappa shape index (κ2) is 6.52. The summed E-state index contributed by atoms with van der Waals surface area (Å²) >= 11 is 0. The molecule has 1 aliphatic heterocycles. The largest absolute Gasteiger partial charge is 0.441 e. The first-order chi connectivity index (χ1) is 12.2. The molecule has 130 valence electrons. The molecule has 0 spiro atoms. The molecule has 3 aromatic rings. The van der Waals surface area contributed by atoms with Gasteiger partial charge < -0.3 is 8.98 Å². The van der Waals surface area contributed by atoms with Crippen LogP contribution in [-0.4, -0.2) is 21.0 Å². The van der Waals surface area contributed by atoms with Gasteiger partial charge >= 0.3 is 0 Å². The number of fused-ring (bicyclic) bond motifs is 1. The van der Waals surface area contributed by atoms with E-state index in [0.717, 1.165) is 49.0 Å². The van der Waals surface area contributed by atoms with Crippen LogP contribution in [0.3, 0.4) is 0 Å². The summed E-state index contributed by atoms with van der Waals surface area (Å²) in [5, 5.41) is 0. The maximum Gasteiger partial charge on any atom is 0.226 e. The van der Waals surface area contributed by atoms with Crippen molar-refractivity contribution in [3.05, 3.63) is 65.3 Å². The van der Waals surface area contributed by atoms with Gasteiger partial charge in [0.15, 0.2) is 0 Å². The summed E-state index contributed by atoms with van der Waals surface area (Å²) in [6.07, 6.45) is 3.29. The molecule has 0 N–H and O–H groups in total. The van der Waals surface area contributed by atoms with Gasteiger partial charge in [0.1, 0.15) is 5.76 Å². The maximum absolute atomic E-state index is 5.98. The summed E-state index contributed by atoms with van der Waals surface area (Å²) in [5.41, 5.74) is 4.73. The smallest absolute Gasteiger partial charge is 0.226 e. The highest BCUT2D eigenvalue weighted by Crippen LogP contribution is 2.31. The third kappa shape index (κ3) is 3.02. The number of rotatable bonds is 4. The van der Waals surface area contributed by atoms with Gasteiger partial charge in [-0.15, -0.1) is 0 Å². The molecule has 3 heterocycles. The standard InChI is InChI=1S/C21H25N3O/c1-4-19-20-9-6-10-23(20)11-12-24(19)14-18-16(3)25-21(22-18)17-8-5-7-15(2)13-17/h5-10,13,19H,4,11-12,14H2,1-3H3. The number of hydrogen-bond donors (Lipinski definition) is 0. The number of oxazole rings is 1. The van der Waals surface area contributed by atoms with Gasteiger partial charge in [-0.2, -0.15) is 0 Å². The van der Waals surface area contributed by atoms with E-state index in [4.69, 9.17) is 9.40 Å². The number of benzene rings is 1. The second-order valence-electron chi connectivity index (χ2n) is 6.91. The summed E-state index contributed by atoms with van der Waals surface area (Å²) < 4.78 is 8.35. The fourth-order valence-corrected chi connectivity index (χ4v) is 3.84. The summed E-state index contributed by atoms with van der Waals surface area (Å²) in [6, 6.07) is 13.2. The molecule has 0 saturated heterocycles. The molecule has 1 atom stereocenters. The number of hydrogen-bond acceptors (Lipinski definition) is 3. The van der Waals surface area contributed by atoms with Gasteiger partial charge in [0.05, 0.1) is 11.7 Å². The van der Waals surface area contributed by atoms with Crippen LogP contribution in [-0.2, 0) is 13.1 Å². The first-order valence-corrected chi connectivity index (χ1v) is 9.08. The Bertz CT molecular complexity index is 877. The Morgan fingerprint density at radius 1 is 1.16 bits per heavy atom. The monoisotopic (exact) mass is 335 g/mol. The third-order valence-electron chi connectivity index (χ3n) is 5.17. The number of aryl methyl sites for hydroxylation is 2. The van der Waals surface area contributed by atoms with E-state index >= 15 is 0 Å². The third-order valence-corrected chi connectivity index (χ3v) is 5.17. The van der Waals surface area contributed by atoms with E-state index in [-0.39, 0.29) is 0 Å². The van der Waals surface area contributed by atoms with Gasteiger partial charge in [-0.3, -0.25) is 4.90 Å². The van der Waals surface area contributed by atoms with E-state index in [1.165, 1.54) is 11.3 Å². The predicted molar refractivity (Wildman–Crippen MR) is 99.3 cm³/mol. The lowest BCUT2D eigenvalue weighted by molar-refractivity contribution is 0.142.